The Hall–Kier alpha value is -1.08. The summed E-state index contributed by atoms with van der Waals surface area (Å²) in [6, 6.07) is 10.7. The Morgan fingerprint density at radius 1 is 1.05 bits per heavy atom. The van der Waals surface area contributed by atoms with Crippen molar-refractivity contribution in [3.05, 3.63) is 42.0 Å². The van der Waals surface area contributed by atoms with Crippen LogP contribution in [0.5, 0.6) is 0 Å². The molecule has 1 heteroatoms. The minimum Gasteiger partial charge on any atom is -0.308 e. The van der Waals surface area contributed by atoms with Crippen molar-refractivity contribution < 1.29 is 0 Å². The Bertz CT molecular complexity index is 573. The quantitative estimate of drug-likeness (QED) is 0.868. The number of nitrogens with one attached hydrogen (secondary N) is 1. The molecule has 5 unspecified atom stereocenters. The summed E-state index contributed by atoms with van der Waals surface area (Å²) in [5, 5.41) is 3.96. The highest BCUT2D eigenvalue weighted by Crippen LogP contribution is 2.76. The van der Waals surface area contributed by atoms with E-state index in [2.05, 4.69) is 47.8 Å². The van der Waals surface area contributed by atoms with Gasteiger partial charge >= 0.3 is 0 Å². The highest BCUT2D eigenvalue weighted by Gasteiger charge is 2.70. The van der Waals surface area contributed by atoms with Crippen LogP contribution in [0.3, 0.4) is 0 Å². The van der Waals surface area contributed by atoms with Gasteiger partial charge in [-0.3, -0.25) is 0 Å². The third kappa shape index (κ3) is 1.73. The van der Waals surface area contributed by atoms with Crippen molar-refractivity contribution >= 4 is 6.08 Å². The van der Waals surface area contributed by atoms with Gasteiger partial charge in [0.2, 0.25) is 0 Å². The molecular weight excluding hydrogens is 254 g/mol. The maximum Gasteiger partial charge on any atom is 0.0195 e. The molecular formula is C20H25N. The van der Waals surface area contributed by atoms with Gasteiger partial charge in [0.1, 0.15) is 0 Å². The Labute approximate surface area is 127 Å². The fourth-order valence-electron chi connectivity index (χ4n) is 6.60. The third-order valence-electron chi connectivity index (χ3n) is 7.17. The van der Waals surface area contributed by atoms with Crippen LogP contribution in [-0.2, 0) is 0 Å². The minimum atomic E-state index is 0.500. The lowest BCUT2D eigenvalue weighted by Gasteiger charge is -2.49. The summed E-state index contributed by atoms with van der Waals surface area (Å²) in [5.74, 6) is 3.22. The topological polar surface area (TPSA) is 12.0 Å². The van der Waals surface area contributed by atoms with Crippen LogP contribution in [0.25, 0.3) is 6.08 Å². The van der Waals surface area contributed by atoms with Crippen molar-refractivity contribution in [1.29, 1.82) is 0 Å². The molecule has 0 aromatic heterocycles. The average molecular weight is 279 g/mol. The molecule has 1 aromatic rings. The first-order valence-electron chi connectivity index (χ1n) is 8.75. The van der Waals surface area contributed by atoms with E-state index in [4.69, 9.17) is 0 Å². The Morgan fingerprint density at radius 2 is 1.95 bits per heavy atom. The molecule has 0 radical (unpaired) electrons. The molecule has 4 saturated carbocycles. The van der Waals surface area contributed by atoms with E-state index in [0.717, 1.165) is 29.7 Å². The third-order valence-corrected chi connectivity index (χ3v) is 7.17. The fraction of sp³-hybridized carbons (Fsp3) is 0.600. The number of hydrogen-bond donors (Lipinski definition) is 1. The molecule has 5 atom stereocenters. The molecule has 0 heterocycles. The van der Waals surface area contributed by atoms with Crippen LogP contribution in [0.1, 0.15) is 44.1 Å². The van der Waals surface area contributed by atoms with E-state index in [1.54, 1.807) is 19.3 Å². The van der Waals surface area contributed by atoms with Crippen LogP contribution < -0.4 is 5.32 Å². The maximum absolute atomic E-state index is 3.96. The van der Waals surface area contributed by atoms with Gasteiger partial charge in [-0.2, -0.15) is 0 Å². The molecule has 3 bridgehead atoms. The average Bonchev–Trinajstić information content (AvgIpc) is 2.81. The van der Waals surface area contributed by atoms with E-state index in [-0.39, 0.29) is 0 Å². The predicted octanol–water partition coefficient (Wildman–Crippen LogP) is 4.26. The lowest BCUT2D eigenvalue weighted by atomic mass is 9.56. The second-order valence-electron chi connectivity index (χ2n) is 8.23. The van der Waals surface area contributed by atoms with Gasteiger partial charge in [0, 0.05) is 12.1 Å². The summed E-state index contributed by atoms with van der Waals surface area (Å²) in [4.78, 5) is 0. The monoisotopic (exact) mass is 279 g/mol. The molecule has 1 N–H and O–H groups in total. The molecule has 1 aromatic carbocycles. The van der Waals surface area contributed by atoms with Crippen LogP contribution in [0.2, 0.25) is 0 Å². The second kappa shape index (κ2) is 4.23. The molecule has 1 spiro atoms. The number of hydrogen-bond acceptors (Lipinski definition) is 1. The molecule has 110 valence electrons. The van der Waals surface area contributed by atoms with Crippen molar-refractivity contribution in [1.82, 2.24) is 5.32 Å². The van der Waals surface area contributed by atoms with Crippen molar-refractivity contribution in [2.45, 2.75) is 44.1 Å². The van der Waals surface area contributed by atoms with Gasteiger partial charge in [-0.25, -0.2) is 0 Å². The first-order chi connectivity index (χ1) is 10.3. The highest BCUT2D eigenvalue weighted by molar-refractivity contribution is 5.48. The standard InChI is InChI=1S/C20H25N/c1-2-5-15(6-3-1)7-4-8-21-19-11-16-9-17-10-18(13-19)20(17,12-16)14-19/h1-7,16-18,21H,8-14H2/b7-4+. The normalized spacial score (nSPS) is 46.0. The molecule has 5 rings (SSSR count). The van der Waals surface area contributed by atoms with Gasteiger partial charge in [-0.05, 0) is 67.3 Å². The summed E-state index contributed by atoms with van der Waals surface area (Å²) >= 11 is 0. The van der Waals surface area contributed by atoms with Crippen molar-refractivity contribution in [2.24, 2.45) is 23.2 Å². The molecule has 4 aliphatic rings. The summed E-state index contributed by atoms with van der Waals surface area (Å²) in [7, 11) is 0. The van der Waals surface area contributed by atoms with E-state index in [1.807, 2.05) is 0 Å². The SMILES string of the molecule is C(=C\c1ccccc1)/CNC12CC3CC4CC(C1)C4(C3)C2. The first kappa shape index (κ1) is 12.5. The summed E-state index contributed by atoms with van der Waals surface area (Å²) in [6.07, 6.45) is 13.7. The van der Waals surface area contributed by atoms with Crippen molar-refractivity contribution in [3.63, 3.8) is 0 Å². The second-order valence-corrected chi connectivity index (χ2v) is 8.23. The van der Waals surface area contributed by atoms with E-state index in [1.165, 1.54) is 24.8 Å². The fourth-order valence-corrected chi connectivity index (χ4v) is 6.60. The van der Waals surface area contributed by atoms with Crippen LogP contribution in [0.15, 0.2) is 36.4 Å². The first-order valence-corrected chi connectivity index (χ1v) is 8.75. The highest BCUT2D eigenvalue weighted by atomic mass is 15.0. The number of fused-ring (bicyclic) bond motifs is 2. The van der Waals surface area contributed by atoms with Crippen molar-refractivity contribution in [3.8, 4) is 0 Å². The van der Waals surface area contributed by atoms with Gasteiger partial charge in [0.25, 0.3) is 0 Å². The van der Waals surface area contributed by atoms with Gasteiger partial charge in [-0.15, -0.1) is 0 Å². The van der Waals surface area contributed by atoms with Gasteiger partial charge < -0.3 is 5.32 Å². The lowest BCUT2D eigenvalue weighted by Crippen LogP contribution is -2.47. The van der Waals surface area contributed by atoms with Crippen LogP contribution in [0.4, 0.5) is 0 Å². The zero-order valence-corrected chi connectivity index (χ0v) is 12.7. The van der Waals surface area contributed by atoms with E-state index in [9.17, 15) is 0 Å². The molecule has 0 amide bonds. The summed E-state index contributed by atoms with van der Waals surface area (Å²) < 4.78 is 0. The summed E-state index contributed by atoms with van der Waals surface area (Å²) in [6.45, 7) is 1.04. The molecule has 4 fully saturated rings. The molecule has 0 saturated heterocycles. The number of benzene rings is 1. The molecule has 21 heavy (non-hydrogen) atoms. The van der Waals surface area contributed by atoms with Crippen molar-refractivity contribution in [2.75, 3.05) is 6.54 Å². The Morgan fingerprint density at radius 3 is 2.86 bits per heavy atom. The minimum absolute atomic E-state index is 0.500. The van der Waals surface area contributed by atoms with E-state index in [0.29, 0.717) is 5.54 Å². The van der Waals surface area contributed by atoms with E-state index < -0.39 is 0 Å². The Balaban J connectivity index is 1.27. The van der Waals surface area contributed by atoms with Crippen LogP contribution in [0, 0.1) is 23.2 Å². The molecule has 0 aliphatic heterocycles. The largest absolute Gasteiger partial charge is 0.308 e. The zero-order chi connectivity index (χ0) is 13.9. The summed E-state index contributed by atoms with van der Waals surface area (Å²) in [5.41, 5.74) is 2.62. The maximum atomic E-state index is 3.96. The Kier molecular flexibility index (Phi) is 2.51. The molecule has 4 aliphatic carbocycles. The van der Waals surface area contributed by atoms with Crippen LogP contribution in [-0.4, -0.2) is 12.1 Å². The van der Waals surface area contributed by atoms with Gasteiger partial charge in [0.05, 0.1) is 0 Å². The smallest absolute Gasteiger partial charge is 0.0195 e. The predicted molar refractivity (Wildman–Crippen MR) is 86.8 cm³/mol. The zero-order valence-electron chi connectivity index (χ0n) is 12.7. The molecule has 1 nitrogen and oxygen atoms in total. The number of rotatable bonds is 4. The van der Waals surface area contributed by atoms with Crippen LogP contribution >= 0.6 is 0 Å². The van der Waals surface area contributed by atoms with Gasteiger partial charge in [-0.1, -0.05) is 42.5 Å². The van der Waals surface area contributed by atoms with E-state index >= 15 is 0 Å². The lowest BCUT2D eigenvalue weighted by molar-refractivity contribution is -0.000698. The van der Waals surface area contributed by atoms with Gasteiger partial charge in [0.15, 0.2) is 0 Å².